The fraction of sp³-hybridized carbons (Fsp3) is 0.308. The fourth-order valence-corrected chi connectivity index (χ4v) is 2.33. The second-order valence-corrected chi connectivity index (χ2v) is 5.17. The van der Waals surface area contributed by atoms with Crippen LogP contribution in [0.25, 0.3) is 0 Å². The van der Waals surface area contributed by atoms with E-state index in [-0.39, 0.29) is 11.9 Å². The average molecular weight is 276 g/mol. The first-order valence-electron chi connectivity index (χ1n) is 6.07. The lowest BCUT2D eigenvalue weighted by Gasteiger charge is -2.11. The molecule has 1 atom stereocenters. The smallest absolute Gasteiger partial charge is 0.244 e. The molecule has 0 aliphatic heterocycles. The molecule has 2 rings (SSSR count). The number of nitrogens with zero attached hydrogens (tertiary/aromatic N) is 3. The molecule has 5 nitrogen and oxygen atoms in total. The third kappa shape index (κ3) is 4.10. The third-order valence-corrected chi connectivity index (χ3v) is 3.64. The minimum Gasteiger partial charge on any atom is -0.353 e. The molecular weight excluding hydrogens is 260 g/mol. The van der Waals surface area contributed by atoms with E-state index in [0.717, 1.165) is 5.75 Å². The van der Waals surface area contributed by atoms with Gasteiger partial charge in [0.25, 0.3) is 0 Å². The van der Waals surface area contributed by atoms with Crippen LogP contribution >= 0.6 is 11.8 Å². The highest BCUT2D eigenvalue weighted by atomic mass is 32.2. The summed E-state index contributed by atoms with van der Waals surface area (Å²) in [6.07, 6.45) is 2.97. The van der Waals surface area contributed by atoms with Crippen molar-refractivity contribution >= 4 is 17.7 Å². The number of hydrogen-bond acceptors (Lipinski definition) is 4. The number of aromatic nitrogens is 3. The normalized spacial score (nSPS) is 12.1. The maximum Gasteiger partial charge on any atom is 0.244 e. The van der Waals surface area contributed by atoms with Gasteiger partial charge in [0.2, 0.25) is 5.91 Å². The van der Waals surface area contributed by atoms with E-state index in [2.05, 4.69) is 27.5 Å². The molecule has 1 aromatic heterocycles. The monoisotopic (exact) mass is 276 g/mol. The van der Waals surface area contributed by atoms with Crippen LogP contribution in [0.2, 0.25) is 0 Å². The van der Waals surface area contributed by atoms with E-state index in [4.69, 9.17) is 0 Å². The van der Waals surface area contributed by atoms with Crippen LogP contribution in [0.3, 0.4) is 0 Å². The molecule has 19 heavy (non-hydrogen) atoms. The predicted molar refractivity (Wildman–Crippen MR) is 74.9 cm³/mol. The SMILES string of the molecule is CC(C(=O)NCCSc1ccccc1)n1cncn1. The van der Waals surface area contributed by atoms with E-state index < -0.39 is 0 Å². The average Bonchev–Trinajstić information content (AvgIpc) is 2.98. The quantitative estimate of drug-likeness (QED) is 0.645. The minimum atomic E-state index is -0.329. The van der Waals surface area contributed by atoms with Crippen LogP contribution in [0.4, 0.5) is 0 Å². The van der Waals surface area contributed by atoms with Crippen LogP contribution in [0.15, 0.2) is 47.9 Å². The van der Waals surface area contributed by atoms with Crippen molar-refractivity contribution in [3.8, 4) is 0 Å². The van der Waals surface area contributed by atoms with Gasteiger partial charge in [0.15, 0.2) is 0 Å². The van der Waals surface area contributed by atoms with E-state index in [9.17, 15) is 4.79 Å². The first-order chi connectivity index (χ1) is 9.27. The highest BCUT2D eigenvalue weighted by Gasteiger charge is 2.14. The van der Waals surface area contributed by atoms with Crippen LogP contribution < -0.4 is 5.32 Å². The molecule has 0 bridgehead atoms. The number of rotatable bonds is 6. The summed E-state index contributed by atoms with van der Waals surface area (Å²) < 4.78 is 1.54. The molecule has 1 N–H and O–H groups in total. The molecule has 0 aliphatic rings. The summed E-state index contributed by atoms with van der Waals surface area (Å²) in [4.78, 5) is 16.9. The Kier molecular flexibility index (Phi) is 4.97. The van der Waals surface area contributed by atoms with Crippen molar-refractivity contribution < 1.29 is 4.79 Å². The van der Waals surface area contributed by atoms with Gasteiger partial charge in [-0.1, -0.05) is 18.2 Å². The molecule has 0 saturated carbocycles. The zero-order chi connectivity index (χ0) is 13.5. The third-order valence-electron chi connectivity index (χ3n) is 2.63. The Labute approximate surface area is 116 Å². The first kappa shape index (κ1) is 13.6. The topological polar surface area (TPSA) is 59.8 Å². The molecule has 0 aliphatic carbocycles. The van der Waals surface area contributed by atoms with Gasteiger partial charge >= 0.3 is 0 Å². The molecule has 1 unspecified atom stereocenters. The number of hydrogen-bond donors (Lipinski definition) is 1. The van der Waals surface area contributed by atoms with Crippen molar-refractivity contribution in [2.75, 3.05) is 12.3 Å². The summed E-state index contributed by atoms with van der Waals surface area (Å²) in [5.41, 5.74) is 0. The van der Waals surface area contributed by atoms with Gasteiger partial charge < -0.3 is 5.32 Å². The van der Waals surface area contributed by atoms with Gasteiger partial charge in [0.1, 0.15) is 18.7 Å². The molecular formula is C13H16N4OS. The molecule has 100 valence electrons. The number of nitrogens with one attached hydrogen (secondary N) is 1. The van der Waals surface area contributed by atoms with Crippen molar-refractivity contribution in [1.29, 1.82) is 0 Å². The Bertz CT molecular complexity index is 501. The lowest BCUT2D eigenvalue weighted by molar-refractivity contribution is -0.124. The Balaban J connectivity index is 1.70. The largest absolute Gasteiger partial charge is 0.353 e. The second kappa shape index (κ2) is 6.94. The zero-order valence-electron chi connectivity index (χ0n) is 10.7. The first-order valence-corrected chi connectivity index (χ1v) is 7.05. The second-order valence-electron chi connectivity index (χ2n) is 4.00. The highest BCUT2D eigenvalue weighted by Crippen LogP contribution is 2.15. The summed E-state index contributed by atoms with van der Waals surface area (Å²) in [5, 5.41) is 6.85. The summed E-state index contributed by atoms with van der Waals surface area (Å²) in [6.45, 7) is 2.44. The molecule has 1 aromatic carbocycles. The molecule has 0 fully saturated rings. The van der Waals surface area contributed by atoms with E-state index in [1.165, 1.54) is 11.2 Å². The lowest BCUT2D eigenvalue weighted by atomic mass is 10.3. The van der Waals surface area contributed by atoms with Crippen molar-refractivity contribution in [2.24, 2.45) is 0 Å². The molecule has 2 aromatic rings. The number of carbonyl (C=O) groups excluding carboxylic acids is 1. The lowest BCUT2D eigenvalue weighted by Crippen LogP contribution is -2.32. The van der Waals surface area contributed by atoms with E-state index in [0.29, 0.717) is 6.54 Å². The molecule has 1 amide bonds. The number of carbonyl (C=O) groups is 1. The van der Waals surface area contributed by atoms with Crippen LogP contribution in [-0.4, -0.2) is 33.0 Å². The standard InChI is InChI=1S/C13H16N4OS/c1-11(17-10-14-9-16-17)13(18)15-7-8-19-12-5-3-2-4-6-12/h2-6,9-11H,7-8H2,1H3,(H,15,18). The Morgan fingerprint density at radius 1 is 1.42 bits per heavy atom. The van der Waals surface area contributed by atoms with Crippen molar-refractivity contribution in [1.82, 2.24) is 20.1 Å². The minimum absolute atomic E-state index is 0.0424. The highest BCUT2D eigenvalue weighted by molar-refractivity contribution is 7.99. The van der Waals surface area contributed by atoms with Gasteiger partial charge in [0, 0.05) is 17.2 Å². The van der Waals surface area contributed by atoms with E-state index in [1.54, 1.807) is 29.7 Å². The zero-order valence-corrected chi connectivity index (χ0v) is 11.5. The summed E-state index contributed by atoms with van der Waals surface area (Å²) in [6, 6.07) is 9.80. The van der Waals surface area contributed by atoms with Gasteiger partial charge in [-0.05, 0) is 19.1 Å². The molecule has 0 radical (unpaired) electrons. The van der Waals surface area contributed by atoms with Crippen LogP contribution in [0.1, 0.15) is 13.0 Å². The van der Waals surface area contributed by atoms with E-state index >= 15 is 0 Å². The Hall–Kier alpha value is -1.82. The van der Waals surface area contributed by atoms with Crippen LogP contribution in [-0.2, 0) is 4.79 Å². The van der Waals surface area contributed by atoms with Gasteiger partial charge in [-0.3, -0.25) is 4.79 Å². The van der Waals surface area contributed by atoms with Gasteiger partial charge in [0.05, 0.1) is 0 Å². The molecule has 6 heteroatoms. The predicted octanol–water partition coefficient (Wildman–Crippen LogP) is 1.75. The van der Waals surface area contributed by atoms with Gasteiger partial charge in [-0.15, -0.1) is 11.8 Å². The van der Waals surface area contributed by atoms with Gasteiger partial charge in [-0.2, -0.15) is 5.10 Å². The Morgan fingerprint density at radius 3 is 2.89 bits per heavy atom. The van der Waals surface area contributed by atoms with Crippen LogP contribution in [0.5, 0.6) is 0 Å². The molecule has 1 heterocycles. The number of benzene rings is 1. The van der Waals surface area contributed by atoms with Crippen LogP contribution in [0, 0.1) is 0 Å². The van der Waals surface area contributed by atoms with E-state index in [1.807, 2.05) is 18.2 Å². The number of amides is 1. The van der Waals surface area contributed by atoms with Gasteiger partial charge in [-0.25, -0.2) is 9.67 Å². The number of thioether (sulfide) groups is 1. The maximum absolute atomic E-state index is 11.8. The van der Waals surface area contributed by atoms with Crippen molar-refractivity contribution in [3.05, 3.63) is 43.0 Å². The van der Waals surface area contributed by atoms with Crippen molar-refractivity contribution in [2.45, 2.75) is 17.9 Å². The molecule has 0 saturated heterocycles. The maximum atomic E-state index is 11.8. The summed E-state index contributed by atoms with van der Waals surface area (Å²) >= 11 is 1.72. The summed E-state index contributed by atoms with van der Waals surface area (Å²) in [5.74, 6) is 0.805. The Morgan fingerprint density at radius 2 is 2.21 bits per heavy atom. The fourth-order valence-electron chi connectivity index (χ4n) is 1.55. The molecule has 0 spiro atoms. The van der Waals surface area contributed by atoms with Crippen molar-refractivity contribution in [3.63, 3.8) is 0 Å². The summed E-state index contributed by atoms with van der Waals surface area (Å²) in [7, 11) is 0.